The van der Waals surface area contributed by atoms with Gasteiger partial charge in [-0.05, 0) is 12.1 Å². The van der Waals surface area contributed by atoms with Crippen molar-refractivity contribution < 1.29 is 13.2 Å². The predicted octanol–water partition coefficient (Wildman–Crippen LogP) is 1.84. The molecule has 25 heavy (non-hydrogen) atoms. The molecule has 1 aromatic heterocycles. The van der Waals surface area contributed by atoms with E-state index in [4.69, 9.17) is 16.3 Å². The Morgan fingerprint density at radius 1 is 1.40 bits per heavy atom. The highest BCUT2D eigenvalue weighted by Gasteiger charge is 2.37. The van der Waals surface area contributed by atoms with Crippen LogP contribution >= 0.6 is 24.0 Å². The standard InChI is InChI=1S/C15H19ClN4O3S.ClH/c1-19-7-6-18-15(19)13-10-17-5-8-20(13)24(21,22)14-9-11(23-2)3-4-12(14)16;/h3-4,6-7,9,13,17H,5,8,10H2,1-2H3;1H. The van der Waals surface area contributed by atoms with Gasteiger partial charge >= 0.3 is 0 Å². The summed E-state index contributed by atoms with van der Waals surface area (Å²) in [6.45, 7) is 1.40. The van der Waals surface area contributed by atoms with Crippen molar-refractivity contribution >= 4 is 34.0 Å². The van der Waals surface area contributed by atoms with Gasteiger partial charge in [0.25, 0.3) is 0 Å². The zero-order valence-corrected chi connectivity index (χ0v) is 16.2. The number of benzene rings is 1. The van der Waals surface area contributed by atoms with Gasteiger partial charge in [-0.2, -0.15) is 4.31 Å². The van der Waals surface area contributed by atoms with Crippen LogP contribution in [0.5, 0.6) is 5.75 Å². The molecule has 10 heteroatoms. The fraction of sp³-hybridized carbons (Fsp3) is 0.400. The molecule has 7 nitrogen and oxygen atoms in total. The topological polar surface area (TPSA) is 76.5 Å². The smallest absolute Gasteiger partial charge is 0.245 e. The zero-order valence-electron chi connectivity index (χ0n) is 13.8. The molecule has 2 heterocycles. The Morgan fingerprint density at radius 3 is 2.80 bits per heavy atom. The van der Waals surface area contributed by atoms with E-state index in [2.05, 4.69) is 10.3 Å². The van der Waals surface area contributed by atoms with E-state index in [0.717, 1.165) is 0 Å². The minimum Gasteiger partial charge on any atom is -0.497 e. The van der Waals surface area contributed by atoms with Crippen LogP contribution in [0.4, 0.5) is 0 Å². The van der Waals surface area contributed by atoms with E-state index in [1.54, 1.807) is 18.5 Å². The molecular formula is C15H20Cl2N4O3S. The van der Waals surface area contributed by atoms with Crippen molar-refractivity contribution in [3.63, 3.8) is 0 Å². The molecule has 2 aromatic rings. The Labute approximate surface area is 158 Å². The molecule has 1 unspecified atom stereocenters. The number of hydrogen-bond donors (Lipinski definition) is 1. The summed E-state index contributed by atoms with van der Waals surface area (Å²) >= 11 is 6.16. The second-order valence-electron chi connectivity index (χ2n) is 5.53. The molecule has 1 saturated heterocycles. The van der Waals surface area contributed by atoms with Gasteiger partial charge in [0.15, 0.2) is 0 Å². The van der Waals surface area contributed by atoms with E-state index in [-0.39, 0.29) is 22.3 Å². The highest BCUT2D eigenvalue weighted by atomic mass is 35.5. The van der Waals surface area contributed by atoms with Crippen molar-refractivity contribution in [3.05, 3.63) is 41.4 Å². The minimum atomic E-state index is -3.79. The number of sulfonamides is 1. The van der Waals surface area contributed by atoms with Crippen LogP contribution < -0.4 is 10.1 Å². The molecule has 138 valence electrons. The third kappa shape index (κ3) is 3.78. The Balaban J connectivity index is 0.00000225. The van der Waals surface area contributed by atoms with Crippen LogP contribution in [0.25, 0.3) is 0 Å². The Hall–Kier alpha value is -1.32. The van der Waals surface area contributed by atoms with Crippen LogP contribution in [0.15, 0.2) is 35.5 Å². The van der Waals surface area contributed by atoms with Crippen molar-refractivity contribution in [3.8, 4) is 5.75 Å². The summed E-state index contributed by atoms with van der Waals surface area (Å²) in [7, 11) is -0.454. The van der Waals surface area contributed by atoms with Crippen LogP contribution in [0.3, 0.4) is 0 Å². The third-order valence-corrected chi connectivity index (χ3v) is 6.47. The zero-order chi connectivity index (χ0) is 17.3. The van der Waals surface area contributed by atoms with Gasteiger partial charge in [0, 0.05) is 45.1 Å². The lowest BCUT2D eigenvalue weighted by atomic mass is 10.2. The molecule has 0 bridgehead atoms. The Morgan fingerprint density at radius 2 is 2.16 bits per heavy atom. The van der Waals surface area contributed by atoms with Gasteiger partial charge in [-0.3, -0.25) is 0 Å². The van der Waals surface area contributed by atoms with Crippen molar-refractivity contribution in [2.45, 2.75) is 10.9 Å². The van der Waals surface area contributed by atoms with Gasteiger partial charge in [-0.1, -0.05) is 11.6 Å². The summed E-state index contributed by atoms with van der Waals surface area (Å²) in [5, 5.41) is 3.40. The number of nitrogens with zero attached hydrogens (tertiary/aromatic N) is 3. The van der Waals surface area contributed by atoms with Crippen LogP contribution in [0.1, 0.15) is 11.9 Å². The summed E-state index contributed by atoms with van der Waals surface area (Å²) < 4.78 is 34.8. The quantitative estimate of drug-likeness (QED) is 0.837. The summed E-state index contributed by atoms with van der Waals surface area (Å²) in [4.78, 5) is 4.36. The lowest BCUT2D eigenvalue weighted by molar-refractivity contribution is 0.258. The Bertz CT molecular complexity index is 841. The molecule has 0 saturated carbocycles. The number of hydrogen-bond acceptors (Lipinski definition) is 5. The molecule has 1 aliphatic rings. The average Bonchev–Trinajstić information content (AvgIpc) is 3.01. The van der Waals surface area contributed by atoms with Crippen LogP contribution in [0.2, 0.25) is 5.02 Å². The van der Waals surface area contributed by atoms with Gasteiger partial charge in [-0.25, -0.2) is 13.4 Å². The lowest BCUT2D eigenvalue weighted by Gasteiger charge is -2.34. The molecule has 1 aliphatic heterocycles. The number of aromatic nitrogens is 2. The van der Waals surface area contributed by atoms with Crippen molar-refractivity contribution in [2.24, 2.45) is 7.05 Å². The first-order valence-corrected chi connectivity index (χ1v) is 9.30. The van der Waals surface area contributed by atoms with E-state index < -0.39 is 16.1 Å². The maximum absolute atomic E-state index is 13.2. The lowest BCUT2D eigenvalue weighted by Crippen LogP contribution is -2.49. The molecule has 1 fully saturated rings. The molecular weight excluding hydrogens is 387 g/mol. The monoisotopic (exact) mass is 406 g/mol. The maximum atomic E-state index is 13.2. The molecule has 3 rings (SSSR count). The molecule has 0 spiro atoms. The molecule has 1 N–H and O–H groups in total. The van der Waals surface area contributed by atoms with E-state index in [1.807, 2.05) is 11.6 Å². The largest absolute Gasteiger partial charge is 0.497 e. The van der Waals surface area contributed by atoms with Crippen molar-refractivity contribution in [1.82, 2.24) is 19.2 Å². The SMILES string of the molecule is COc1ccc(Cl)c(S(=O)(=O)N2CCNCC2c2nccn2C)c1.Cl. The third-order valence-electron chi connectivity index (χ3n) is 4.08. The molecule has 1 atom stereocenters. The molecule has 0 amide bonds. The van der Waals surface area contributed by atoms with Gasteiger partial charge in [0.1, 0.15) is 16.5 Å². The van der Waals surface area contributed by atoms with Crippen LogP contribution in [-0.4, -0.2) is 49.0 Å². The van der Waals surface area contributed by atoms with Crippen molar-refractivity contribution in [1.29, 1.82) is 0 Å². The normalized spacial score (nSPS) is 18.6. The number of imidazole rings is 1. The van der Waals surface area contributed by atoms with E-state index in [1.165, 1.54) is 23.5 Å². The first-order chi connectivity index (χ1) is 11.4. The predicted molar refractivity (Wildman–Crippen MR) is 98.0 cm³/mol. The summed E-state index contributed by atoms with van der Waals surface area (Å²) in [6.07, 6.45) is 3.46. The highest BCUT2D eigenvalue weighted by Crippen LogP contribution is 2.33. The van der Waals surface area contributed by atoms with E-state index in [9.17, 15) is 8.42 Å². The highest BCUT2D eigenvalue weighted by molar-refractivity contribution is 7.89. The number of rotatable bonds is 4. The number of nitrogens with one attached hydrogen (secondary N) is 1. The van der Waals surface area contributed by atoms with Crippen LogP contribution in [0, 0.1) is 0 Å². The van der Waals surface area contributed by atoms with E-state index >= 15 is 0 Å². The fourth-order valence-corrected chi connectivity index (χ4v) is 4.90. The number of methoxy groups -OCH3 is 1. The minimum absolute atomic E-state index is 0. The van der Waals surface area contributed by atoms with Crippen molar-refractivity contribution in [2.75, 3.05) is 26.7 Å². The molecule has 0 aliphatic carbocycles. The summed E-state index contributed by atoms with van der Waals surface area (Å²) in [6, 6.07) is 4.22. The molecule has 0 radical (unpaired) electrons. The van der Waals surface area contributed by atoms with Gasteiger partial charge in [0.05, 0.1) is 18.2 Å². The first-order valence-electron chi connectivity index (χ1n) is 7.48. The number of piperazine rings is 1. The number of halogens is 2. The second-order valence-corrected chi connectivity index (χ2v) is 7.79. The van der Waals surface area contributed by atoms with E-state index in [0.29, 0.717) is 31.2 Å². The maximum Gasteiger partial charge on any atom is 0.245 e. The van der Waals surface area contributed by atoms with Gasteiger partial charge in [-0.15, -0.1) is 12.4 Å². The summed E-state index contributed by atoms with van der Waals surface area (Å²) in [5.74, 6) is 1.13. The molecule has 1 aromatic carbocycles. The Kier molecular flexibility index (Phi) is 6.34. The number of ether oxygens (including phenoxy) is 1. The van der Waals surface area contributed by atoms with Gasteiger partial charge < -0.3 is 14.6 Å². The summed E-state index contributed by atoms with van der Waals surface area (Å²) in [5.41, 5.74) is 0. The second kappa shape index (κ2) is 7.92. The average molecular weight is 407 g/mol. The number of aryl methyl sites for hydroxylation is 1. The van der Waals surface area contributed by atoms with Gasteiger partial charge in [0.2, 0.25) is 10.0 Å². The van der Waals surface area contributed by atoms with Crippen LogP contribution in [-0.2, 0) is 17.1 Å². The fourth-order valence-electron chi connectivity index (χ4n) is 2.83. The first kappa shape index (κ1) is 20.0.